The van der Waals surface area contributed by atoms with Crippen LogP contribution in [0.1, 0.15) is 11.1 Å². The summed E-state index contributed by atoms with van der Waals surface area (Å²) >= 11 is 0. The van der Waals surface area contributed by atoms with Crippen LogP contribution in [0.3, 0.4) is 0 Å². The van der Waals surface area contributed by atoms with Crippen molar-refractivity contribution in [1.82, 2.24) is 4.31 Å². The Morgan fingerprint density at radius 3 is 2.42 bits per heavy atom. The molecule has 0 spiro atoms. The normalized spacial score (nSPS) is 12.4. The first-order chi connectivity index (χ1) is 8.70. The van der Waals surface area contributed by atoms with E-state index in [0.717, 1.165) is 13.1 Å². The van der Waals surface area contributed by atoms with Gasteiger partial charge < -0.3 is 5.73 Å². The Morgan fingerprint density at radius 1 is 1.37 bits per heavy atom. The molecule has 2 N–H and O–H groups in total. The molecule has 0 saturated heterocycles. The maximum atomic E-state index is 13.6. The van der Waals surface area contributed by atoms with E-state index in [4.69, 9.17) is 5.73 Å². The zero-order chi connectivity index (χ0) is 14.8. The second-order valence-corrected chi connectivity index (χ2v) is 6.09. The van der Waals surface area contributed by atoms with Crippen molar-refractivity contribution in [3.63, 3.8) is 0 Å². The summed E-state index contributed by atoms with van der Waals surface area (Å²) in [5.74, 6) is -0.730. The van der Waals surface area contributed by atoms with Gasteiger partial charge in [-0.15, -0.1) is 0 Å². The molecule has 4 nitrogen and oxygen atoms in total. The van der Waals surface area contributed by atoms with E-state index < -0.39 is 28.8 Å². The fourth-order valence-corrected chi connectivity index (χ4v) is 2.98. The second kappa shape index (κ2) is 5.89. The molecule has 108 valence electrons. The van der Waals surface area contributed by atoms with Crippen LogP contribution < -0.4 is 5.73 Å². The number of hydrogen-bond acceptors (Lipinski definition) is 3. The molecule has 0 aliphatic heterocycles. The van der Waals surface area contributed by atoms with Gasteiger partial charge in [0, 0.05) is 19.2 Å². The van der Waals surface area contributed by atoms with Crippen molar-refractivity contribution in [3.05, 3.63) is 29.1 Å². The molecule has 0 atom stereocenters. The Balaban J connectivity index is 3.32. The maximum Gasteiger partial charge on any atom is 0.252 e. The van der Waals surface area contributed by atoms with Crippen LogP contribution in [-0.2, 0) is 16.6 Å². The molecule has 19 heavy (non-hydrogen) atoms. The molecule has 0 saturated carbocycles. The third-order valence-corrected chi connectivity index (χ3v) is 4.63. The summed E-state index contributed by atoms with van der Waals surface area (Å²) < 4.78 is 62.8. The summed E-state index contributed by atoms with van der Waals surface area (Å²) in [4.78, 5) is -0.337. The molecule has 0 radical (unpaired) electrons. The average Bonchev–Trinajstić information content (AvgIpc) is 2.31. The standard InChI is InChI=1S/C11H15F3N2O2S/c1-7-9(12)3-8(5-15)4-10(7)19(17,18)16(2)6-11(13)14/h3-4,11H,5-6,15H2,1-2H3. The van der Waals surface area contributed by atoms with Crippen molar-refractivity contribution < 1.29 is 21.6 Å². The van der Waals surface area contributed by atoms with Crippen LogP contribution in [0.5, 0.6) is 0 Å². The minimum atomic E-state index is -4.16. The van der Waals surface area contributed by atoms with Gasteiger partial charge in [0.25, 0.3) is 6.43 Å². The van der Waals surface area contributed by atoms with Crippen LogP contribution in [0.4, 0.5) is 13.2 Å². The van der Waals surface area contributed by atoms with Gasteiger partial charge in [0.1, 0.15) is 5.82 Å². The lowest BCUT2D eigenvalue weighted by Crippen LogP contribution is -2.32. The van der Waals surface area contributed by atoms with Crippen molar-refractivity contribution in [2.75, 3.05) is 13.6 Å². The number of nitrogens with zero attached hydrogens (tertiary/aromatic N) is 1. The van der Waals surface area contributed by atoms with E-state index in [2.05, 4.69) is 0 Å². The van der Waals surface area contributed by atoms with E-state index in [-0.39, 0.29) is 22.6 Å². The first-order valence-corrected chi connectivity index (χ1v) is 6.87. The van der Waals surface area contributed by atoms with Crippen LogP contribution in [0, 0.1) is 12.7 Å². The zero-order valence-corrected chi connectivity index (χ0v) is 11.3. The van der Waals surface area contributed by atoms with E-state index >= 15 is 0 Å². The fraction of sp³-hybridized carbons (Fsp3) is 0.455. The molecule has 0 bridgehead atoms. The van der Waals surface area contributed by atoms with Gasteiger partial charge in [-0.2, -0.15) is 4.31 Å². The third kappa shape index (κ3) is 3.46. The molecular formula is C11H15F3N2O2S. The Bertz CT molecular complexity index is 561. The highest BCUT2D eigenvalue weighted by molar-refractivity contribution is 7.89. The number of benzene rings is 1. The van der Waals surface area contributed by atoms with Crippen molar-refractivity contribution in [2.45, 2.75) is 24.8 Å². The van der Waals surface area contributed by atoms with Gasteiger partial charge in [-0.05, 0) is 24.6 Å². The number of hydrogen-bond donors (Lipinski definition) is 1. The van der Waals surface area contributed by atoms with Gasteiger partial charge in [-0.1, -0.05) is 0 Å². The van der Waals surface area contributed by atoms with E-state index in [1.54, 1.807) is 0 Å². The van der Waals surface area contributed by atoms with Gasteiger partial charge in [0.15, 0.2) is 0 Å². The van der Waals surface area contributed by atoms with Gasteiger partial charge in [-0.25, -0.2) is 21.6 Å². The molecule has 0 amide bonds. The van der Waals surface area contributed by atoms with E-state index in [9.17, 15) is 21.6 Å². The van der Waals surface area contributed by atoms with Crippen molar-refractivity contribution in [3.8, 4) is 0 Å². The van der Waals surface area contributed by atoms with Crippen LogP contribution in [-0.4, -0.2) is 32.7 Å². The second-order valence-electron chi connectivity index (χ2n) is 4.08. The Morgan fingerprint density at radius 2 is 1.95 bits per heavy atom. The summed E-state index contributed by atoms with van der Waals surface area (Å²) in [6.45, 7) is 0.285. The molecular weight excluding hydrogens is 281 g/mol. The van der Waals surface area contributed by atoms with Crippen LogP contribution >= 0.6 is 0 Å². The Hall–Kier alpha value is -1.12. The average molecular weight is 296 g/mol. The first-order valence-electron chi connectivity index (χ1n) is 5.43. The highest BCUT2D eigenvalue weighted by Gasteiger charge is 2.26. The quantitative estimate of drug-likeness (QED) is 0.895. The van der Waals surface area contributed by atoms with E-state index in [1.807, 2.05) is 0 Å². The Labute approximate surface area is 110 Å². The third-order valence-electron chi connectivity index (χ3n) is 2.68. The minimum Gasteiger partial charge on any atom is -0.326 e. The summed E-state index contributed by atoms with van der Waals surface area (Å²) in [7, 11) is -3.14. The highest BCUT2D eigenvalue weighted by Crippen LogP contribution is 2.23. The zero-order valence-electron chi connectivity index (χ0n) is 10.5. The summed E-state index contributed by atoms with van der Waals surface area (Å²) in [6.07, 6.45) is -2.80. The van der Waals surface area contributed by atoms with Crippen molar-refractivity contribution in [2.24, 2.45) is 5.73 Å². The molecule has 1 aromatic rings. The highest BCUT2D eigenvalue weighted by atomic mass is 32.2. The smallest absolute Gasteiger partial charge is 0.252 e. The summed E-state index contributed by atoms with van der Waals surface area (Å²) in [5.41, 5.74) is 5.51. The number of sulfonamides is 1. The molecule has 1 rings (SSSR count). The van der Waals surface area contributed by atoms with Crippen LogP contribution in [0.2, 0.25) is 0 Å². The van der Waals surface area contributed by atoms with Gasteiger partial charge in [0.05, 0.1) is 11.4 Å². The molecule has 0 heterocycles. The fourth-order valence-electron chi connectivity index (χ4n) is 1.55. The lowest BCUT2D eigenvalue weighted by Gasteiger charge is -2.19. The molecule has 1 aromatic carbocycles. The SMILES string of the molecule is Cc1c(F)cc(CN)cc1S(=O)(=O)N(C)CC(F)F. The monoisotopic (exact) mass is 296 g/mol. The van der Waals surface area contributed by atoms with Crippen LogP contribution in [0.25, 0.3) is 0 Å². The van der Waals surface area contributed by atoms with Crippen molar-refractivity contribution in [1.29, 1.82) is 0 Å². The largest absolute Gasteiger partial charge is 0.326 e. The number of halogens is 3. The Kier molecular flexibility index (Phi) is 4.94. The van der Waals surface area contributed by atoms with E-state index in [1.165, 1.54) is 13.0 Å². The topological polar surface area (TPSA) is 63.4 Å². The molecule has 0 aromatic heterocycles. The van der Waals surface area contributed by atoms with Gasteiger partial charge >= 0.3 is 0 Å². The number of nitrogens with two attached hydrogens (primary N) is 1. The maximum absolute atomic E-state index is 13.6. The summed E-state index contributed by atoms with van der Waals surface area (Å²) in [6, 6.07) is 2.33. The lowest BCUT2D eigenvalue weighted by molar-refractivity contribution is 0.126. The van der Waals surface area contributed by atoms with Crippen LogP contribution in [0.15, 0.2) is 17.0 Å². The molecule has 0 unspecified atom stereocenters. The summed E-state index contributed by atoms with van der Waals surface area (Å²) in [5, 5.41) is 0. The lowest BCUT2D eigenvalue weighted by atomic mass is 10.1. The number of rotatable bonds is 5. The first kappa shape index (κ1) is 15.9. The molecule has 0 aliphatic rings. The number of alkyl halides is 2. The minimum absolute atomic E-state index is 0.0434. The molecule has 8 heteroatoms. The molecule has 0 aliphatic carbocycles. The van der Waals surface area contributed by atoms with Gasteiger partial charge in [0.2, 0.25) is 10.0 Å². The molecule has 0 fully saturated rings. The van der Waals surface area contributed by atoms with E-state index in [0.29, 0.717) is 4.31 Å². The predicted molar refractivity (Wildman–Crippen MR) is 64.8 cm³/mol. The van der Waals surface area contributed by atoms with Crippen molar-refractivity contribution >= 4 is 10.0 Å². The predicted octanol–water partition coefficient (Wildman–Crippen LogP) is 1.48. The van der Waals surface area contributed by atoms with Gasteiger partial charge in [-0.3, -0.25) is 0 Å².